The van der Waals surface area contributed by atoms with Crippen LogP contribution in [0.1, 0.15) is 34.7 Å². The number of aryl methyl sites for hydroxylation is 1. The summed E-state index contributed by atoms with van der Waals surface area (Å²) in [6.07, 6.45) is -0.00672. The summed E-state index contributed by atoms with van der Waals surface area (Å²) in [6.45, 7) is 1.69. The van der Waals surface area contributed by atoms with E-state index in [4.69, 9.17) is 9.15 Å². The summed E-state index contributed by atoms with van der Waals surface area (Å²) < 4.78 is 24.0. The van der Waals surface area contributed by atoms with Crippen molar-refractivity contribution in [2.75, 3.05) is 0 Å². The van der Waals surface area contributed by atoms with E-state index in [9.17, 15) is 14.0 Å². The molecule has 7 heteroatoms. The Bertz CT molecular complexity index is 951. The molecule has 27 heavy (non-hydrogen) atoms. The van der Waals surface area contributed by atoms with Crippen molar-refractivity contribution in [3.8, 4) is 11.5 Å². The van der Waals surface area contributed by atoms with Gasteiger partial charge in [0.05, 0.1) is 12.0 Å². The number of benzene rings is 2. The van der Waals surface area contributed by atoms with Crippen LogP contribution in [0.5, 0.6) is 0 Å². The molecule has 2 aromatic carbocycles. The molecule has 0 spiro atoms. The normalized spacial score (nSPS) is 10.6. The SMILES string of the molecule is Cc1ccc(C(=O)CCC(=O)OCc2nnc(-c3ccccc3F)o2)cc1. The lowest BCUT2D eigenvalue weighted by atomic mass is 10.1. The first kappa shape index (κ1) is 18.4. The van der Waals surface area contributed by atoms with Crippen LogP contribution in [0.4, 0.5) is 4.39 Å². The lowest BCUT2D eigenvalue weighted by molar-refractivity contribution is -0.145. The van der Waals surface area contributed by atoms with Crippen molar-refractivity contribution < 1.29 is 23.1 Å². The van der Waals surface area contributed by atoms with Gasteiger partial charge in [0.1, 0.15) is 5.82 Å². The zero-order valence-corrected chi connectivity index (χ0v) is 14.6. The second-order valence-corrected chi connectivity index (χ2v) is 5.93. The Balaban J connectivity index is 1.49. The number of carbonyl (C=O) groups is 2. The summed E-state index contributed by atoms with van der Waals surface area (Å²) in [5.74, 6) is -1.12. The van der Waals surface area contributed by atoms with Crippen molar-refractivity contribution in [3.05, 3.63) is 71.4 Å². The summed E-state index contributed by atoms with van der Waals surface area (Å²) in [6, 6.07) is 13.1. The molecule has 6 nitrogen and oxygen atoms in total. The molecule has 0 aliphatic heterocycles. The van der Waals surface area contributed by atoms with Crippen molar-refractivity contribution in [3.63, 3.8) is 0 Å². The van der Waals surface area contributed by atoms with Gasteiger partial charge in [-0.15, -0.1) is 10.2 Å². The van der Waals surface area contributed by atoms with E-state index in [0.717, 1.165) is 5.56 Å². The maximum atomic E-state index is 13.7. The largest absolute Gasteiger partial charge is 0.456 e. The third kappa shape index (κ3) is 4.84. The molecule has 0 atom stereocenters. The summed E-state index contributed by atoms with van der Waals surface area (Å²) in [4.78, 5) is 23.9. The molecule has 0 saturated heterocycles. The number of hydrogen-bond donors (Lipinski definition) is 0. The van der Waals surface area contributed by atoms with Crippen molar-refractivity contribution >= 4 is 11.8 Å². The van der Waals surface area contributed by atoms with Gasteiger partial charge >= 0.3 is 5.97 Å². The Kier molecular flexibility index (Phi) is 5.71. The van der Waals surface area contributed by atoms with Crippen LogP contribution in [0, 0.1) is 12.7 Å². The van der Waals surface area contributed by atoms with Crippen molar-refractivity contribution in [2.24, 2.45) is 0 Å². The van der Waals surface area contributed by atoms with E-state index in [1.807, 2.05) is 19.1 Å². The quantitative estimate of drug-likeness (QED) is 0.465. The number of aromatic nitrogens is 2. The summed E-state index contributed by atoms with van der Waals surface area (Å²) in [5, 5.41) is 7.47. The van der Waals surface area contributed by atoms with Crippen LogP contribution in [0.2, 0.25) is 0 Å². The summed E-state index contributed by atoms with van der Waals surface area (Å²) in [5.41, 5.74) is 1.78. The molecule has 3 aromatic rings. The zero-order valence-electron chi connectivity index (χ0n) is 14.6. The van der Waals surface area contributed by atoms with Gasteiger partial charge in [0, 0.05) is 12.0 Å². The second-order valence-electron chi connectivity index (χ2n) is 5.93. The third-order valence-electron chi connectivity index (χ3n) is 3.86. The molecule has 0 fully saturated rings. The van der Waals surface area contributed by atoms with Gasteiger partial charge in [-0.05, 0) is 19.1 Å². The molecule has 1 heterocycles. The van der Waals surface area contributed by atoms with Crippen LogP contribution in [-0.4, -0.2) is 21.9 Å². The highest BCUT2D eigenvalue weighted by Crippen LogP contribution is 2.21. The Morgan fingerprint density at radius 3 is 2.52 bits per heavy atom. The first-order valence-corrected chi connectivity index (χ1v) is 8.35. The van der Waals surface area contributed by atoms with Gasteiger partial charge in [0.15, 0.2) is 12.4 Å². The molecule has 0 aliphatic carbocycles. The molecule has 0 saturated carbocycles. The lowest BCUT2D eigenvalue weighted by Gasteiger charge is -2.03. The van der Waals surface area contributed by atoms with Crippen LogP contribution in [0.25, 0.3) is 11.5 Å². The van der Waals surface area contributed by atoms with Crippen LogP contribution in [0.3, 0.4) is 0 Å². The molecule has 3 rings (SSSR count). The monoisotopic (exact) mass is 368 g/mol. The molecule has 0 radical (unpaired) electrons. The second kappa shape index (κ2) is 8.35. The van der Waals surface area contributed by atoms with E-state index in [2.05, 4.69) is 10.2 Å². The first-order valence-electron chi connectivity index (χ1n) is 8.35. The fraction of sp³-hybridized carbons (Fsp3) is 0.200. The number of halogens is 1. The average molecular weight is 368 g/mol. The van der Waals surface area contributed by atoms with Gasteiger partial charge in [-0.3, -0.25) is 9.59 Å². The fourth-order valence-electron chi connectivity index (χ4n) is 2.37. The van der Waals surface area contributed by atoms with Crippen LogP contribution in [0.15, 0.2) is 52.9 Å². The Labute approximate surface area is 155 Å². The van der Waals surface area contributed by atoms with E-state index in [1.165, 1.54) is 12.1 Å². The van der Waals surface area contributed by atoms with Crippen molar-refractivity contribution in [1.29, 1.82) is 0 Å². The molecule has 0 N–H and O–H groups in total. The highest BCUT2D eigenvalue weighted by atomic mass is 19.1. The minimum Gasteiger partial charge on any atom is -0.456 e. The Morgan fingerprint density at radius 1 is 1.04 bits per heavy atom. The van der Waals surface area contributed by atoms with Crippen LogP contribution < -0.4 is 0 Å². The van der Waals surface area contributed by atoms with E-state index < -0.39 is 11.8 Å². The number of nitrogens with zero attached hydrogens (tertiary/aromatic N) is 2. The van der Waals surface area contributed by atoms with Gasteiger partial charge in [-0.2, -0.15) is 0 Å². The zero-order chi connectivity index (χ0) is 19.2. The van der Waals surface area contributed by atoms with Crippen LogP contribution in [-0.2, 0) is 16.1 Å². The average Bonchev–Trinajstić information content (AvgIpc) is 3.14. The number of ketones is 1. The number of rotatable bonds is 7. The first-order chi connectivity index (χ1) is 13.0. The predicted octanol–water partition coefficient (Wildman–Crippen LogP) is 3.89. The third-order valence-corrected chi connectivity index (χ3v) is 3.86. The minimum atomic E-state index is -0.555. The van der Waals surface area contributed by atoms with E-state index >= 15 is 0 Å². The van der Waals surface area contributed by atoms with Gasteiger partial charge in [-0.25, -0.2) is 4.39 Å². The Morgan fingerprint density at radius 2 is 1.78 bits per heavy atom. The van der Waals surface area contributed by atoms with Gasteiger partial charge < -0.3 is 9.15 Å². The summed E-state index contributed by atoms with van der Waals surface area (Å²) in [7, 11) is 0. The van der Waals surface area contributed by atoms with E-state index in [-0.39, 0.29) is 42.6 Å². The molecule has 0 unspecified atom stereocenters. The smallest absolute Gasteiger partial charge is 0.306 e. The number of ether oxygens (including phenoxy) is 1. The minimum absolute atomic E-state index is 0.00805. The molecule has 1 aromatic heterocycles. The van der Waals surface area contributed by atoms with E-state index in [1.54, 1.807) is 24.3 Å². The fourth-order valence-corrected chi connectivity index (χ4v) is 2.37. The van der Waals surface area contributed by atoms with Crippen LogP contribution >= 0.6 is 0 Å². The molecular weight excluding hydrogens is 351 g/mol. The molecular formula is C20H17FN2O4. The number of Topliss-reactive ketones (excluding diaryl/α,β-unsaturated/α-hetero) is 1. The summed E-state index contributed by atoms with van der Waals surface area (Å²) >= 11 is 0. The molecule has 0 bridgehead atoms. The van der Waals surface area contributed by atoms with Gasteiger partial charge in [0.25, 0.3) is 11.8 Å². The number of carbonyl (C=O) groups excluding carboxylic acids is 2. The van der Waals surface area contributed by atoms with Crippen molar-refractivity contribution in [1.82, 2.24) is 10.2 Å². The van der Waals surface area contributed by atoms with Gasteiger partial charge in [-0.1, -0.05) is 42.0 Å². The predicted molar refractivity (Wildman–Crippen MR) is 94.2 cm³/mol. The Hall–Kier alpha value is -3.35. The maximum absolute atomic E-state index is 13.7. The highest BCUT2D eigenvalue weighted by Gasteiger charge is 2.15. The molecule has 0 aliphatic rings. The number of hydrogen-bond acceptors (Lipinski definition) is 6. The molecule has 138 valence electrons. The van der Waals surface area contributed by atoms with Crippen molar-refractivity contribution in [2.45, 2.75) is 26.4 Å². The number of esters is 1. The van der Waals surface area contributed by atoms with Gasteiger partial charge in [0.2, 0.25) is 0 Å². The maximum Gasteiger partial charge on any atom is 0.306 e. The van der Waals surface area contributed by atoms with E-state index in [0.29, 0.717) is 5.56 Å². The molecule has 0 amide bonds. The standard InChI is InChI=1S/C20H17FN2O4/c1-13-6-8-14(9-7-13)17(24)10-11-19(25)26-12-18-22-23-20(27-18)15-4-2-3-5-16(15)21/h2-9H,10-12H2,1H3. The topological polar surface area (TPSA) is 82.3 Å². The lowest BCUT2D eigenvalue weighted by Crippen LogP contribution is -2.08. The highest BCUT2D eigenvalue weighted by molar-refractivity contribution is 5.97.